The normalized spacial score (nSPS) is 12.0. The molecular weight excluding hydrogens is 729 g/mol. The molecule has 0 saturated heterocycles. The summed E-state index contributed by atoms with van der Waals surface area (Å²) in [5.74, 6) is 0.648. The van der Waals surface area contributed by atoms with Crippen molar-refractivity contribution in [2.75, 3.05) is 0 Å². The molecule has 0 amide bonds. The van der Waals surface area contributed by atoms with E-state index in [1.165, 1.54) is 59.5 Å². The zero-order chi connectivity index (χ0) is 39.3. The molecule has 13 aromatic rings. The van der Waals surface area contributed by atoms with Crippen molar-refractivity contribution in [3.05, 3.63) is 206 Å². The van der Waals surface area contributed by atoms with Gasteiger partial charge in [-0.3, -0.25) is 4.57 Å². The highest BCUT2D eigenvalue weighted by molar-refractivity contribution is 6.26. The Morgan fingerprint density at radius 1 is 0.317 bits per heavy atom. The summed E-state index contributed by atoms with van der Waals surface area (Å²) < 4.78 is 4.77. The van der Waals surface area contributed by atoms with Crippen LogP contribution in [0, 0.1) is 0 Å². The predicted molar refractivity (Wildman–Crippen MR) is 252 cm³/mol. The van der Waals surface area contributed by atoms with Gasteiger partial charge in [-0.25, -0.2) is 9.97 Å². The Kier molecular flexibility index (Phi) is 6.98. The molecule has 3 heterocycles. The first-order valence-electron chi connectivity index (χ1n) is 20.5. The summed E-state index contributed by atoms with van der Waals surface area (Å²) in [5, 5.41) is 13.0. The average molecular weight is 763 g/mol. The first-order chi connectivity index (χ1) is 29.8. The smallest absolute Gasteiger partial charge is 0.235 e. The Hall–Kier alpha value is -8.08. The van der Waals surface area contributed by atoms with Crippen molar-refractivity contribution in [3.63, 3.8) is 0 Å². The van der Waals surface area contributed by atoms with Crippen molar-refractivity contribution < 1.29 is 0 Å². The molecule has 4 nitrogen and oxygen atoms in total. The minimum absolute atomic E-state index is 0.648. The maximum atomic E-state index is 5.53. The number of fused-ring (bicyclic) bond motifs is 11. The summed E-state index contributed by atoms with van der Waals surface area (Å²) in [4.78, 5) is 11.0. The standard InChI is InChI=1S/C56H34N4/c1-2-16-37(17-3-1)53-46-23-10-12-24-49(46)57-56(58-53)60-54-43-21-9-6-15-36(43)27-30-45(54)48-33-39-19-7-8-20-42(39)52(55(48)60)40-28-31-51-47(34-40)44-22-11-13-25-50(44)59(51)41-29-26-35-14-4-5-18-38(35)32-41/h1-34H. The first kappa shape index (κ1) is 32.9. The number of hydrogen-bond acceptors (Lipinski definition) is 2. The van der Waals surface area contributed by atoms with Gasteiger partial charge < -0.3 is 4.57 Å². The second-order valence-electron chi connectivity index (χ2n) is 15.8. The SMILES string of the molecule is c1ccc(-c2nc(-n3c4c(-c5ccc6c(c5)c5ccccc5n6-c5ccc6ccccc6c5)c5ccccc5cc4c4ccc5ccccc5c43)nc3ccccc23)cc1. The van der Waals surface area contributed by atoms with Gasteiger partial charge in [0, 0.05) is 49.1 Å². The number of benzene rings is 10. The van der Waals surface area contributed by atoms with Gasteiger partial charge in [-0.05, 0) is 75.0 Å². The number of rotatable bonds is 4. The van der Waals surface area contributed by atoms with E-state index in [4.69, 9.17) is 9.97 Å². The van der Waals surface area contributed by atoms with E-state index in [1.54, 1.807) is 0 Å². The molecule has 0 aliphatic heterocycles. The van der Waals surface area contributed by atoms with Crippen LogP contribution in [0.5, 0.6) is 0 Å². The van der Waals surface area contributed by atoms with Crippen molar-refractivity contribution in [2.24, 2.45) is 0 Å². The Balaban J connectivity index is 1.18. The van der Waals surface area contributed by atoms with Gasteiger partial charge in [0.15, 0.2) is 0 Å². The molecular formula is C56H34N4. The van der Waals surface area contributed by atoms with Crippen LogP contribution in [0.3, 0.4) is 0 Å². The maximum absolute atomic E-state index is 5.53. The van der Waals surface area contributed by atoms with Gasteiger partial charge in [0.1, 0.15) is 0 Å². The van der Waals surface area contributed by atoms with Crippen molar-refractivity contribution >= 4 is 86.8 Å². The fourth-order valence-corrected chi connectivity index (χ4v) is 9.79. The van der Waals surface area contributed by atoms with E-state index in [9.17, 15) is 0 Å². The van der Waals surface area contributed by atoms with E-state index in [0.717, 1.165) is 55.4 Å². The van der Waals surface area contributed by atoms with Gasteiger partial charge in [0.05, 0.1) is 33.3 Å². The van der Waals surface area contributed by atoms with Crippen molar-refractivity contribution in [1.29, 1.82) is 0 Å². The molecule has 278 valence electrons. The molecule has 0 aliphatic carbocycles. The topological polar surface area (TPSA) is 35.6 Å². The lowest BCUT2D eigenvalue weighted by molar-refractivity contribution is 1.02. The maximum Gasteiger partial charge on any atom is 0.235 e. The first-order valence-corrected chi connectivity index (χ1v) is 20.5. The summed E-state index contributed by atoms with van der Waals surface area (Å²) in [5.41, 5.74) is 10.9. The molecule has 0 unspecified atom stereocenters. The van der Waals surface area contributed by atoms with E-state index in [1.807, 2.05) is 0 Å². The van der Waals surface area contributed by atoms with Crippen LogP contribution >= 0.6 is 0 Å². The van der Waals surface area contributed by atoms with E-state index in [0.29, 0.717) is 5.95 Å². The van der Waals surface area contributed by atoms with Crippen LogP contribution in [0.25, 0.3) is 121 Å². The molecule has 0 atom stereocenters. The molecule has 0 bridgehead atoms. The van der Waals surface area contributed by atoms with Crippen molar-refractivity contribution in [2.45, 2.75) is 0 Å². The molecule has 4 heteroatoms. The highest BCUT2D eigenvalue weighted by Gasteiger charge is 2.24. The average Bonchev–Trinajstić information content (AvgIpc) is 3.83. The molecule has 0 aliphatic rings. The minimum atomic E-state index is 0.648. The van der Waals surface area contributed by atoms with Crippen molar-refractivity contribution in [3.8, 4) is 34.0 Å². The Morgan fingerprint density at radius 3 is 1.85 bits per heavy atom. The number of aromatic nitrogens is 4. The summed E-state index contributed by atoms with van der Waals surface area (Å²) in [6, 6.07) is 74.5. The minimum Gasteiger partial charge on any atom is -0.309 e. The third kappa shape index (κ3) is 4.79. The molecule has 13 rings (SSSR count). The highest BCUT2D eigenvalue weighted by atomic mass is 15.2. The molecule has 10 aromatic carbocycles. The fourth-order valence-electron chi connectivity index (χ4n) is 9.79. The number of hydrogen-bond donors (Lipinski definition) is 0. The van der Waals surface area contributed by atoms with Gasteiger partial charge in [0.2, 0.25) is 5.95 Å². The summed E-state index contributed by atoms with van der Waals surface area (Å²) in [6.07, 6.45) is 0. The predicted octanol–water partition coefficient (Wildman–Crippen LogP) is 14.6. The Labute approximate surface area is 344 Å². The largest absolute Gasteiger partial charge is 0.309 e. The quantitative estimate of drug-likeness (QED) is 0.179. The zero-order valence-electron chi connectivity index (χ0n) is 32.4. The number of para-hydroxylation sites is 2. The monoisotopic (exact) mass is 762 g/mol. The molecule has 0 N–H and O–H groups in total. The lowest BCUT2D eigenvalue weighted by atomic mass is 9.93. The van der Waals surface area contributed by atoms with E-state index in [-0.39, 0.29) is 0 Å². The Morgan fingerprint density at radius 2 is 0.983 bits per heavy atom. The van der Waals surface area contributed by atoms with E-state index >= 15 is 0 Å². The molecule has 60 heavy (non-hydrogen) atoms. The van der Waals surface area contributed by atoms with Gasteiger partial charge in [-0.2, -0.15) is 0 Å². The van der Waals surface area contributed by atoms with E-state index < -0.39 is 0 Å². The van der Waals surface area contributed by atoms with Crippen LogP contribution in [-0.4, -0.2) is 19.1 Å². The van der Waals surface area contributed by atoms with Crippen LogP contribution < -0.4 is 0 Å². The molecule has 0 saturated carbocycles. The third-order valence-corrected chi connectivity index (χ3v) is 12.5. The van der Waals surface area contributed by atoms with Gasteiger partial charge >= 0.3 is 0 Å². The Bertz CT molecular complexity index is 3890. The van der Waals surface area contributed by atoms with Crippen LogP contribution in [0.1, 0.15) is 0 Å². The lowest BCUT2D eigenvalue weighted by Crippen LogP contribution is -2.04. The second-order valence-corrected chi connectivity index (χ2v) is 15.8. The highest BCUT2D eigenvalue weighted by Crippen LogP contribution is 2.46. The number of nitrogens with zero attached hydrogens (tertiary/aromatic N) is 4. The van der Waals surface area contributed by atoms with Crippen LogP contribution in [0.15, 0.2) is 206 Å². The van der Waals surface area contributed by atoms with Crippen LogP contribution in [0.4, 0.5) is 0 Å². The van der Waals surface area contributed by atoms with Gasteiger partial charge in [-0.1, -0.05) is 164 Å². The lowest BCUT2D eigenvalue weighted by Gasteiger charge is -2.16. The second kappa shape index (κ2) is 12.7. The van der Waals surface area contributed by atoms with Crippen molar-refractivity contribution in [1.82, 2.24) is 19.1 Å². The van der Waals surface area contributed by atoms with Gasteiger partial charge in [0.25, 0.3) is 0 Å². The van der Waals surface area contributed by atoms with Crippen LogP contribution in [-0.2, 0) is 0 Å². The molecule has 0 fully saturated rings. The van der Waals surface area contributed by atoms with Crippen LogP contribution in [0.2, 0.25) is 0 Å². The summed E-state index contributed by atoms with van der Waals surface area (Å²) >= 11 is 0. The summed E-state index contributed by atoms with van der Waals surface area (Å²) in [7, 11) is 0. The molecule has 0 spiro atoms. The summed E-state index contributed by atoms with van der Waals surface area (Å²) in [6.45, 7) is 0. The van der Waals surface area contributed by atoms with E-state index in [2.05, 4.69) is 215 Å². The molecule has 0 radical (unpaired) electrons. The zero-order valence-corrected chi connectivity index (χ0v) is 32.4. The third-order valence-electron chi connectivity index (χ3n) is 12.5. The van der Waals surface area contributed by atoms with Gasteiger partial charge in [-0.15, -0.1) is 0 Å². The fraction of sp³-hybridized carbons (Fsp3) is 0. The molecule has 3 aromatic heterocycles.